The van der Waals surface area contributed by atoms with Crippen LogP contribution in [0.1, 0.15) is 21.5 Å². The highest BCUT2D eigenvalue weighted by Gasteiger charge is 2.20. The number of halogens is 1. The second-order valence-corrected chi connectivity index (χ2v) is 7.19. The number of carbonyl (C=O) groups is 1. The van der Waals surface area contributed by atoms with E-state index < -0.39 is 15.9 Å². The number of amides is 1. The molecule has 2 rings (SSSR count). The van der Waals surface area contributed by atoms with E-state index in [4.69, 9.17) is 4.74 Å². The highest BCUT2D eigenvalue weighted by Crippen LogP contribution is 2.24. The van der Waals surface area contributed by atoms with E-state index >= 15 is 0 Å². The summed E-state index contributed by atoms with van der Waals surface area (Å²) >= 11 is 0. The first-order valence-electron chi connectivity index (χ1n) is 7.43. The largest absolute Gasteiger partial charge is 0.495 e. The fourth-order valence-corrected chi connectivity index (χ4v) is 3.16. The van der Waals surface area contributed by atoms with Gasteiger partial charge in [-0.15, -0.1) is 0 Å². The van der Waals surface area contributed by atoms with Crippen LogP contribution in [-0.4, -0.2) is 28.5 Å². The van der Waals surface area contributed by atoms with Crippen molar-refractivity contribution in [1.82, 2.24) is 10.0 Å². The standard InChI is InChI=1S/C17H19FN2O4S/c1-11-8-12(4-6-14(11)18)10-20-17(21)13-5-7-15(24-3)16(9-13)25(22,23)19-2/h4-9,19H,10H2,1-3H3,(H,20,21). The number of aryl methyl sites for hydroxylation is 1. The van der Waals surface area contributed by atoms with Crippen LogP contribution >= 0.6 is 0 Å². The van der Waals surface area contributed by atoms with Crippen LogP contribution in [0.3, 0.4) is 0 Å². The molecule has 0 aliphatic carbocycles. The number of ether oxygens (including phenoxy) is 1. The van der Waals surface area contributed by atoms with Gasteiger partial charge in [-0.2, -0.15) is 0 Å². The maximum absolute atomic E-state index is 13.3. The maximum Gasteiger partial charge on any atom is 0.251 e. The zero-order valence-corrected chi connectivity index (χ0v) is 14.9. The average molecular weight is 366 g/mol. The number of benzene rings is 2. The Hall–Kier alpha value is -2.45. The molecular formula is C17H19FN2O4S. The number of hydrogen-bond donors (Lipinski definition) is 2. The minimum Gasteiger partial charge on any atom is -0.495 e. The lowest BCUT2D eigenvalue weighted by atomic mass is 10.1. The van der Waals surface area contributed by atoms with Crippen LogP contribution in [0.4, 0.5) is 4.39 Å². The summed E-state index contributed by atoms with van der Waals surface area (Å²) in [6.07, 6.45) is 0. The van der Waals surface area contributed by atoms with Gasteiger partial charge in [-0.3, -0.25) is 4.79 Å². The Bertz CT molecular complexity index is 898. The van der Waals surface area contributed by atoms with Crippen LogP contribution in [0.5, 0.6) is 5.75 Å². The van der Waals surface area contributed by atoms with E-state index in [0.29, 0.717) is 5.56 Å². The lowest BCUT2D eigenvalue weighted by Gasteiger charge is -2.11. The molecule has 0 atom stereocenters. The molecule has 134 valence electrons. The zero-order valence-electron chi connectivity index (χ0n) is 14.1. The Morgan fingerprint density at radius 3 is 2.52 bits per heavy atom. The Morgan fingerprint density at radius 1 is 1.20 bits per heavy atom. The van der Waals surface area contributed by atoms with Gasteiger partial charge < -0.3 is 10.1 Å². The monoisotopic (exact) mass is 366 g/mol. The van der Waals surface area contributed by atoms with Crippen LogP contribution in [0.15, 0.2) is 41.3 Å². The summed E-state index contributed by atoms with van der Waals surface area (Å²) in [5.74, 6) is -0.621. The van der Waals surface area contributed by atoms with Crippen LogP contribution in [0.25, 0.3) is 0 Å². The normalized spacial score (nSPS) is 11.2. The number of sulfonamides is 1. The lowest BCUT2D eigenvalue weighted by molar-refractivity contribution is 0.0950. The van der Waals surface area contributed by atoms with E-state index in [1.165, 1.54) is 38.4 Å². The first kappa shape index (κ1) is 18.9. The third kappa shape index (κ3) is 4.34. The highest BCUT2D eigenvalue weighted by molar-refractivity contribution is 7.89. The quantitative estimate of drug-likeness (QED) is 0.819. The molecule has 0 fully saturated rings. The predicted molar refractivity (Wildman–Crippen MR) is 91.5 cm³/mol. The number of carbonyl (C=O) groups excluding carboxylic acids is 1. The molecular weight excluding hydrogens is 347 g/mol. The SMILES string of the molecule is CNS(=O)(=O)c1cc(C(=O)NCc2ccc(F)c(C)c2)ccc1OC. The first-order valence-corrected chi connectivity index (χ1v) is 8.91. The van der Waals surface area contributed by atoms with Crippen LogP contribution in [0.2, 0.25) is 0 Å². The summed E-state index contributed by atoms with van der Waals surface area (Å²) in [6, 6.07) is 8.69. The molecule has 0 aliphatic rings. The van der Waals surface area contributed by atoms with Crippen molar-refractivity contribution in [1.29, 1.82) is 0 Å². The number of hydrogen-bond acceptors (Lipinski definition) is 4. The molecule has 1 amide bonds. The zero-order chi connectivity index (χ0) is 18.6. The molecule has 0 aliphatic heterocycles. The highest BCUT2D eigenvalue weighted by atomic mass is 32.2. The van der Waals surface area contributed by atoms with E-state index in [-0.39, 0.29) is 28.6 Å². The van der Waals surface area contributed by atoms with Gasteiger partial charge in [0.1, 0.15) is 16.5 Å². The van der Waals surface area contributed by atoms with Gasteiger partial charge in [0.05, 0.1) is 7.11 Å². The number of methoxy groups -OCH3 is 1. The Labute approximate surface area is 146 Å². The smallest absolute Gasteiger partial charge is 0.251 e. The molecule has 2 aromatic rings. The molecule has 25 heavy (non-hydrogen) atoms. The predicted octanol–water partition coefficient (Wildman–Crippen LogP) is 1.98. The van der Waals surface area contributed by atoms with E-state index in [1.807, 2.05) is 0 Å². The Morgan fingerprint density at radius 2 is 1.92 bits per heavy atom. The fraction of sp³-hybridized carbons (Fsp3) is 0.235. The van der Waals surface area contributed by atoms with Crippen LogP contribution < -0.4 is 14.8 Å². The van der Waals surface area contributed by atoms with E-state index in [1.54, 1.807) is 19.1 Å². The van der Waals surface area contributed by atoms with Gasteiger partial charge in [-0.05, 0) is 49.4 Å². The van der Waals surface area contributed by atoms with Gasteiger partial charge in [-0.1, -0.05) is 12.1 Å². The third-order valence-corrected chi connectivity index (χ3v) is 5.10. The van der Waals surface area contributed by atoms with Crippen molar-refractivity contribution in [2.24, 2.45) is 0 Å². The average Bonchev–Trinajstić information content (AvgIpc) is 2.61. The molecule has 0 unspecified atom stereocenters. The maximum atomic E-state index is 13.3. The minimum absolute atomic E-state index is 0.122. The molecule has 0 radical (unpaired) electrons. The second kappa shape index (κ2) is 7.62. The van der Waals surface area contributed by atoms with Gasteiger partial charge in [0.15, 0.2) is 0 Å². The fourth-order valence-electron chi connectivity index (χ4n) is 2.24. The van der Waals surface area contributed by atoms with E-state index in [0.717, 1.165) is 5.56 Å². The topological polar surface area (TPSA) is 84.5 Å². The second-order valence-electron chi connectivity index (χ2n) is 5.34. The molecule has 0 bridgehead atoms. The molecule has 0 aromatic heterocycles. The molecule has 0 saturated carbocycles. The van der Waals surface area contributed by atoms with Crippen molar-refractivity contribution in [2.75, 3.05) is 14.2 Å². The van der Waals surface area contributed by atoms with Gasteiger partial charge in [-0.25, -0.2) is 17.5 Å². The molecule has 2 N–H and O–H groups in total. The molecule has 8 heteroatoms. The van der Waals surface area contributed by atoms with Crippen molar-refractivity contribution >= 4 is 15.9 Å². The van der Waals surface area contributed by atoms with Crippen molar-refractivity contribution in [3.63, 3.8) is 0 Å². The molecule has 0 saturated heterocycles. The van der Waals surface area contributed by atoms with Crippen molar-refractivity contribution < 1.29 is 22.3 Å². The molecule has 0 spiro atoms. The van der Waals surface area contributed by atoms with Crippen LogP contribution in [0, 0.1) is 12.7 Å². The van der Waals surface area contributed by atoms with Gasteiger partial charge in [0.25, 0.3) is 5.91 Å². The summed E-state index contributed by atoms with van der Waals surface area (Å²) in [5.41, 5.74) is 1.40. The van der Waals surface area contributed by atoms with E-state index in [2.05, 4.69) is 10.0 Å². The molecule has 6 nitrogen and oxygen atoms in total. The summed E-state index contributed by atoms with van der Waals surface area (Å²) in [7, 11) is -1.15. The van der Waals surface area contributed by atoms with Crippen molar-refractivity contribution in [2.45, 2.75) is 18.4 Å². The summed E-state index contributed by atoms with van der Waals surface area (Å²) < 4.78 is 44.6. The first-order chi connectivity index (χ1) is 11.8. The minimum atomic E-state index is -3.77. The van der Waals surface area contributed by atoms with Crippen molar-refractivity contribution in [3.05, 3.63) is 58.9 Å². The van der Waals surface area contributed by atoms with Crippen molar-refractivity contribution in [3.8, 4) is 5.75 Å². The summed E-state index contributed by atoms with van der Waals surface area (Å²) in [6.45, 7) is 1.83. The molecule has 2 aromatic carbocycles. The Kier molecular flexibility index (Phi) is 5.76. The van der Waals surface area contributed by atoms with Crippen LogP contribution in [-0.2, 0) is 16.6 Å². The van der Waals surface area contributed by atoms with Gasteiger partial charge >= 0.3 is 0 Å². The Balaban J connectivity index is 2.21. The van der Waals surface area contributed by atoms with E-state index in [9.17, 15) is 17.6 Å². The molecule has 0 heterocycles. The van der Waals surface area contributed by atoms with Gasteiger partial charge in [0, 0.05) is 12.1 Å². The third-order valence-electron chi connectivity index (χ3n) is 3.66. The number of rotatable bonds is 6. The summed E-state index contributed by atoms with van der Waals surface area (Å²) in [4.78, 5) is 12.2. The number of nitrogens with one attached hydrogen (secondary N) is 2. The summed E-state index contributed by atoms with van der Waals surface area (Å²) in [5, 5.41) is 2.68. The van der Waals surface area contributed by atoms with Gasteiger partial charge in [0.2, 0.25) is 10.0 Å². The lowest BCUT2D eigenvalue weighted by Crippen LogP contribution is -2.24.